The van der Waals surface area contributed by atoms with Crippen LogP contribution in [0.25, 0.3) is 0 Å². The molecule has 2 aromatic rings. The summed E-state index contributed by atoms with van der Waals surface area (Å²) >= 11 is 0. The van der Waals surface area contributed by atoms with Gasteiger partial charge >= 0.3 is 6.03 Å². The molecule has 2 heterocycles. The molecule has 0 unspecified atom stereocenters. The molecule has 3 rings (SSSR count). The van der Waals surface area contributed by atoms with Crippen LogP contribution >= 0.6 is 0 Å². The lowest BCUT2D eigenvalue weighted by atomic mass is 10.2. The molecule has 3 N–H and O–H groups in total. The third kappa shape index (κ3) is 5.72. The summed E-state index contributed by atoms with van der Waals surface area (Å²) in [6.45, 7) is 3.97. The van der Waals surface area contributed by atoms with Crippen LogP contribution in [0.5, 0.6) is 0 Å². The predicted octanol–water partition coefficient (Wildman–Crippen LogP) is 1.46. The minimum absolute atomic E-state index is 0.118. The highest BCUT2D eigenvalue weighted by Crippen LogP contribution is 2.13. The van der Waals surface area contributed by atoms with E-state index in [1.54, 1.807) is 18.6 Å². The molecular weight excluding hydrogens is 316 g/mol. The summed E-state index contributed by atoms with van der Waals surface area (Å²) in [6, 6.07) is 10.5. The molecule has 1 aromatic heterocycles. The smallest absolute Gasteiger partial charge is 0.315 e. The van der Waals surface area contributed by atoms with Crippen molar-refractivity contribution in [2.24, 2.45) is 0 Å². The minimum atomic E-state index is -0.118. The van der Waals surface area contributed by atoms with E-state index in [1.165, 1.54) is 5.56 Å². The summed E-state index contributed by atoms with van der Waals surface area (Å²) in [5.41, 5.74) is 1.31. The Hall–Kier alpha value is -2.67. The molecule has 1 aromatic carbocycles. The predicted molar refractivity (Wildman–Crippen MR) is 97.2 cm³/mol. The van der Waals surface area contributed by atoms with Crippen LogP contribution in [0, 0.1) is 0 Å². The zero-order chi connectivity index (χ0) is 17.3. The number of nitrogens with zero attached hydrogens (tertiary/aromatic N) is 3. The number of amides is 2. The lowest BCUT2D eigenvalue weighted by molar-refractivity contribution is 0.236. The second kappa shape index (κ2) is 8.98. The quantitative estimate of drug-likeness (QED) is 0.665. The van der Waals surface area contributed by atoms with Crippen LogP contribution < -0.4 is 16.0 Å². The Kier molecular flexibility index (Phi) is 6.17. The highest BCUT2D eigenvalue weighted by atomic mass is 16.2. The molecule has 7 nitrogen and oxygen atoms in total. The summed E-state index contributed by atoms with van der Waals surface area (Å²) in [7, 11) is 0. The van der Waals surface area contributed by atoms with Crippen molar-refractivity contribution < 1.29 is 4.79 Å². The van der Waals surface area contributed by atoms with Gasteiger partial charge in [-0.15, -0.1) is 0 Å². The summed E-state index contributed by atoms with van der Waals surface area (Å²) in [4.78, 5) is 22.4. The summed E-state index contributed by atoms with van der Waals surface area (Å²) in [5.74, 6) is 0.706. The first-order chi connectivity index (χ1) is 12.3. The molecule has 1 atom stereocenters. The van der Waals surface area contributed by atoms with Gasteiger partial charge in [0.15, 0.2) is 0 Å². The number of rotatable bonds is 7. The number of hydrogen-bond acceptors (Lipinski definition) is 5. The molecule has 1 fully saturated rings. The molecule has 0 aliphatic carbocycles. The number of benzene rings is 1. The van der Waals surface area contributed by atoms with Gasteiger partial charge in [0.2, 0.25) is 0 Å². The van der Waals surface area contributed by atoms with Crippen LogP contribution in [0.4, 0.5) is 10.6 Å². The van der Waals surface area contributed by atoms with E-state index in [1.807, 2.05) is 6.07 Å². The zero-order valence-corrected chi connectivity index (χ0v) is 14.2. The zero-order valence-electron chi connectivity index (χ0n) is 14.2. The maximum Gasteiger partial charge on any atom is 0.315 e. The van der Waals surface area contributed by atoms with Crippen LogP contribution in [-0.2, 0) is 6.54 Å². The number of urea groups is 1. The number of likely N-dealkylation sites (tertiary alicyclic amines) is 1. The van der Waals surface area contributed by atoms with E-state index >= 15 is 0 Å². The van der Waals surface area contributed by atoms with E-state index in [9.17, 15) is 4.79 Å². The lowest BCUT2D eigenvalue weighted by Crippen LogP contribution is -2.44. The van der Waals surface area contributed by atoms with E-state index in [0.717, 1.165) is 26.1 Å². The van der Waals surface area contributed by atoms with Gasteiger partial charge in [0.05, 0.1) is 6.20 Å². The average molecular weight is 340 g/mol. The molecule has 132 valence electrons. The molecule has 0 bridgehead atoms. The molecule has 25 heavy (non-hydrogen) atoms. The van der Waals surface area contributed by atoms with Gasteiger partial charge < -0.3 is 16.0 Å². The molecular formula is C18H24N6O. The summed E-state index contributed by atoms with van der Waals surface area (Å²) in [6.07, 6.45) is 5.89. The van der Waals surface area contributed by atoms with Crippen LogP contribution in [0.2, 0.25) is 0 Å². The molecule has 0 saturated carbocycles. The fraction of sp³-hybridized carbons (Fsp3) is 0.389. The summed E-state index contributed by atoms with van der Waals surface area (Å²) in [5, 5.41) is 9.01. The Bertz CT molecular complexity index is 651. The number of carbonyl (C=O) groups excluding carboxylic acids is 1. The Morgan fingerprint density at radius 1 is 1.20 bits per heavy atom. The Morgan fingerprint density at radius 2 is 2.08 bits per heavy atom. The van der Waals surface area contributed by atoms with Gasteiger partial charge in [0.25, 0.3) is 0 Å². The van der Waals surface area contributed by atoms with Gasteiger partial charge in [0, 0.05) is 51.2 Å². The highest BCUT2D eigenvalue weighted by Gasteiger charge is 2.23. The van der Waals surface area contributed by atoms with Gasteiger partial charge in [0.1, 0.15) is 5.82 Å². The highest BCUT2D eigenvalue weighted by molar-refractivity contribution is 5.74. The van der Waals surface area contributed by atoms with E-state index in [-0.39, 0.29) is 12.1 Å². The standard InChI is InChI=1S/C18H24N6O/c25-18(22-10-9-21-17-12-19-7-8-20-17)23-16-6-11-24(14-16)13-15-4-2-1-3-5-15/h1-5,7-8,12,16H,6,9-11,13-14H2,(H,20,21)(H2,22,23,25)/t16-/m1/s1. The normalized spacial score (nSPS) is 17.2. The maximum atomic E-state index is 12.0. The molecule has 1 saturated heterocycles. The number of nitrogens with one attached hydrogen (secondary N) is 3. The van der Waals surface area contributed by atoms with Crippen LogP contribution in [0.15, 0.2) is 48.9 Å². The van der Waals surface area contributed by atoms with Crippen molar-refractivity contribution in [2.75, 3.05) is 31.5 Å². The molecule has 7 heteroatoms. The lowest BCUT2D eigenvalue weighted by Gasteiger charge is -2.17. The SMILES string of the molecule is O=C(NCCNc1cnccn1)N[C@@H]1CCN(Cc2ccccc2)C1. The molecule has 1 aliphatic rings. The van der Waals surface area contributed by atoms with Gasteiger partial charge in [-0.2, -0.15) is 0 Å². The van der Waals surface area contributed by atoms with E-state index in [0.29, 0.717) is 18.9 Å². The Balaban J connectivity index is 1.31. The third-order valence-electron chi connectivity index (χ3n) is 4.14. The largest absolute Gasteiger partial charge is 0.367 e. The first kappa shape index (κ1) is 17.2. The van der Waals surface area contributed by atoms with Crippen molar-refractivity contribution in [1.82, 2.24) is 25.5 Å². The first-order valence-corrected chi connectivity index (χ1v) is 8.60. The average Bonchev–Trinajstić information content (AvgIpc) is 3.07. The van der Waals surface area contributed by atoms with E-state index in [4.69, 9.17) is 0 Å². The first-order valence-electron chi connectivity index (χ1n) is 8.60. The number of anilines is 1. The van der Waals surface area contributed by atoms with Crippen molar-refractivity contribution in [2.45, 2.75) is 19.0 Å². The van der Waals surface area contributed by atoms with Gasteiger partial charge in [-0.1, -0.05) is 30.3 Å². The Morgan fingerprint density at radius 3 is 2.88 bits per heavy atom. The molecule has 0 radical (unpaired) electrons. The fourth-order valence-corrected chi connectivity index (χ4v) is 2.93. The van der Waals surface area contributed by atoms with Gasteiger partial charge in [-0.05, 0) is 12.0 Å². The van der Waals surface area contributed by atoms with Gasteiger partial charge in [-0.25, -0.2) is 9.78 Å². The second-order valence-corrected chi connectivity index (χ2v) is 6.12. The topological polar surface area (TPSA) is 82.2 Å². The maximum absolute atomic E-state index is 12.0. The minimum Gasteiger partial charge on any atom is -0.367 e. The van der Waals surface area contributed by atoms with Crippen molar-refractivity contribution in [3.63, 3.8) is 0 Å². The summed E-state index contributed by atoms with van der Waals surface area (Å²) < 4.78 is 0. The van der Waals surface area contributed by atoms with Crippen LogP contribution in [-0.4, -0.2) is 53.1 Å². The Labute approximate surface area is 147 Å². The number of hydrogen-bond donors (Lipinski definition) is 3. The molecule has 0 spiro atoms. The van der Waals surface area contributed by atoms with Gasteiger partial charge in [-0.3, -0.25) is 9.88 Å². The fourth-order valence-electron chi connectivity index (χ4n) is 2.93. The van der Waals surface area contributed by atoms with E-state index in [2.05, 4.69) is 55.1 Å². The van der Waals surface area contributed by atoms with E-state index < -0.39 is 0 Å². The van der Waals surface area contributed by atoms with Crippen LogP contribution in [0.3, 0.4) is 0 Å². The molecule has 1 aliphatic heterocycles. The van der Waals surface area contributed by atoms with Crippen molar-refractivity contribution >= 4 is 11.8 Å². The molecule has 2 amide bonds. The number of aromatic nitrogens is 2. The van der Waals surface area contributed by atoms with Crippen molar-refractivity contribution in [3.8, 4) is 0 Å². The third-order valence-corrected chi connectivity index (χ3v) is 4.14. The van der Waals surface area contributed by atoms with Crippen LogP contribution in [0.1, 0.15) is 12.0 Å². The van der Waals surface area contributed by atoms with Crippen molar-refractivity contribution in [1.29, 1.82) is 0 Å². The monoisotopic (exact) mass is 340 g/mol. The second-order valence-electron chi connectivity index (χ2n) is 6.12. The number of carbonyl (C=O) groups is 1. The van der Waals surface area contributed by atoms with Crippen molar-refractivity contribution in [3.05, 3.63) is 54.5 Å².